The Morgan fingerprint density at radius 1 is 0.953 bits per heavy atom. The number of carboxylic acids is 1. The lowest BCUT2D eigenvalue weighted by molar-refractivity contribution is -0.143. The number of nitrogens with two attached hydrogens (primary N) is 1. The number of thioether (sulfide) groups is 1. The van der Waals surface area contributed by atoms with Gasteiger partial charge in [0, 0.05) is 12.3 Å². The Kier molecular flexibility index (Phi) is 16.9. The summed E-state index contributed by atoms with van der Waals surface area (Å²) in [4.78, 5) is 87.5. The minimum absolute atomic E-state index is 0.182. The number of nitrogens with one attached hydrogen (secondary N) is 5. The highest BCUT2D eigenvalue weighted by Gasteiger charge is 2.37. The smallest absolute Gasteiger partial charge is 0.328 e. The lowest BCUT2D eigenvalue weighted by atomic mass is 10.1. The van der Waals surface area contributed by atoms with Gasteiger partial charge < -0.3 is 52.5 Å². The van der Waals surface area contributed by atoms with Crippen molar-refractivity contribution in [1.82, 2.24) is 31.5 Å². The summed E-state index contributed by atoms with van der Waals surface area (Å²) in [6.45, 7) is -0.740. The summed E-state index contributed by atoms with van der Waals surface area (Å²) in [6.07, 6.45) is 3.37. The third-order valence-corrected chi connectivity index (χ3v) is 7.42. The number of likely N-dealkylation sites (tertiary alicyclic amines) is 1. The number of aliphatic hydroxyl groups is 2. The van der Waals surface area contributed by atoms with Crippen LogP contribution in [0, 0.1) is 0 Å². The lowest BCUT2D eigenvalue weighted by Gasteiger charge is -2.28. The summed E-state index contributed by atoms with van der Waals surface area (Å²) in [7, 11) is 0. The van der Waals surface area contributed by atoms with E-state index in [9.17, 15) is 38.7 Å². The molecular weight excluding hydrogens is 610 g/mol. The van der Waals surface area contributed by atoms with Crippen molar-refractivity contribution >= 4 is 65.8 Å². The number of amides is 6. The van der Waals surface area contributed by atoms with Crippen LogP contribution in [0.15, 0.2) is 0 Å². The van der Waals surface area contributed by atoms with E-state index in [4.69, 9.17) is 15.9 Å². The second kappa shape index (κ2) is 19.2. The van der Waals surface area contributed by atoms with Gasteiger partial charge >= 0.3 is 5.97 Å². The molecule has 1 fully saturated rings. The van der Waals surface area contributed by atoms with Crippen molar-refractivity contribution in [1.29, 1.82) is 0 Å². The molecule has 1 saturated heterocycles. The number of carbonyl (C=O) groups is 7. The molecule has 0 bridgehead atoms. The van der Waals surface area contributed by atoms with E-state index < -0.39 is 91.5 Å². The monoisotopic (exact) mass is 651 g/mol. The van der Waals surface area contributed by atoms with Crippen LogP contribution in [0.3, 0.4) is 0 Å². The topological polar surface area (TPSA) is 270 Å². The van der Waals surface area contributed by atoms with E-state index >= 15 is 0 Å². The summed E-state index contributed by atoms with van der Waals surface area (Å²) < 4.78 is 0. The number of aliphatic hydroxyl groups excluding tert-OH is 2. The molecule has 0 radical (unpaired) electrons. The first-order valence-electron chi connectivity index (χ1n) is 13.4. The van der Waals surface area contributed by atoms with E-state index in [2.05, 4.69) is 33.9 Å². The number of nitrogens with zero attached hydrogens (tertiary/aromatic N) is 1. The zero-order valence-electron chi connectivity index (χ0n) is 23.9. The molecule has 6 atom stereocenters. The minimum atomic E-state index is -1.65. The largest absolute Gasteiger partial charge is 0.480 e. The molecule has 1 aliphatic heterocycles. The maximum Gasteiger partial charge on any atom is 0.328 e. The van der Waals surface area contributed by atoms with Crippen LogP contribution in [0.4, 0.5) is 0 Å². The van der Waals surface area contributed by atoms with Crippen LogP contribution in [-0.4, -0.2) is 142 Å². The molecule has 6 amide bonds. The molecule has 244 valence electrons. The van der Waals surface area contributed by atoms with Gasteiger partial charge in [0.25, 0.3) is 0 Å². The zero-order valence-corrected chi connectivity index (χ0v) is 25.6. The molecule has 1 heterocycles. The number of carbonyl (C=O) groups excluding carboxylic acids is 6. The molecule has 0 aromatic rings. The Morgan fingerprint density at radius 3 is 2.14 bits per heavy atom. The lowest BCUT2D eigenvalue weighted by Crippen LogP contribution is -2.58. The number of thiol groups is 1. The van der Waals surface area contributed by atoms with E-state index in [1.54, 1.807) is 11.8 Å². The summed E-state index contributed by atoms with van der Waals surface area (Å²) in [5.41, 5.74) is 5.99. The Bertz CT molecular complexity index is 1020. The number of rotatable bonds is 18. The summed E-state index contributed by atoms with van der Waals surface area (Å²) in [5, 5.41) is 38.5. The van der Waals surface area contributed by atoms with Gasteiger partial charge in [-0.3, -0.25) is 28.8 Å². The first kappa shape index (κ1) is 37.9. The molecule has 17 nitrogen and oxygen atoms in total. The Balaban J connectivity index is 2.63. The third-order valence-electron chi connectivity index (χ3n) is 6.41. The van der Waals surface area contributed by atoms with Crippen LogP contribution >= 0.6 is 24.4 Å². The molecule has 0 spiro atoms. The normalized spacial score (nSPS) is 17.9. The van der Waals surface area contributed by atoms with Crippen molar-refractivity contribution < 1.29 is 48.9 Å². The number of aliphatic carboxylic acids is 1. The molecule has 19 heteroatoms. The Hall–Kier alpha value is -3.13. The van der Waals surface area contributed by atoms with Gasteiger partial charge in [-0.25, -0.2) is 4.79 Å². The molecule has 0 aliphatic carbocycles. The first-order chi connectivity index (χ1) is 20.3. The van der Waals surface area contributed by atoms with Crippen molar-refractivity contribution in [2.24, 2.45) is 5.73 Å². The van der Waals surface area contributed by atoms with Gasteiger partial charge in [0.05, 0.1) is 25.8 Å². The molecule has 0 saturated carbocycles. The van der Waals surface area contributed by atoms with Crippen LogP contribution < -0.4 is 32.3 Å². The van der Waals surface area contributed by atoms with Gasteiger partial charge in [-0.1, -0.05) is 0 Å². The SMILES string of the molecule is CSCC[C@H](N)C(=O)N1CCC[C@H]1C(=O)N[C@@H](C)C(=O)N[C@@H](CS)C(=O)NCC(=O)N[C@@H](CO)C(=O)N[C@@H](CO)C(=O)O. The number of hydrogen-bond donors (Lipinski definition) is 10. The van der Waals surface area contributed by atoms with Gasteiger partial charge in [-0.2, -0.15) is 24.4 Å². The predicted molar refractivity (Wildman–Crippen MR) is 158 cm³/mol. The minimum Gasteiger partial charge on any atom is -0.480 e. The number of carboxylic acid groups (broad SMARTS) is 1. The third kappa shape index (κ3) is 12.2. The second-order valence-electron chi connectivity index (χ2n) is 9.65. The molecule has 0 aromatic carbocycles. The fourth-order valence-electron chi connectivity index (χ4n) is 3.94. The van der Waals surface area contributed by atoms with Crippen LogP contribution in [0.25, 0.3) is 0 Å². The average Bonchev–Trinajstić information content (AvgIpc) is 3.48. The number of hydrogen-bond acceptors (Lipinski definition) is 12. The maximum atomic E-state index is 12.9. The van der Waals surface area contributed by atoms with Gasteiger partial charge in [0.2, 0.25) is 35.4 Å². The molecular formula is C24H41N7O10S2. The van der Waals surface area contributed by atoms with Crippen molar-refractivity contribution in [3.05, 3.63) is 0 Å². The predicted octanol–water partition coefficient (Wildman–Crippen LogP) is -4.87. The van der Waals surface area contributed by atoms with Crippen LogP contribution in [-0.2, 0) is 33.6 Å². The molecule has 10 N–H and O–H groups in total. The maximum absolute atomic E-state index is 12.9. The van der Waals surface area contributed by atoms with Gasteiger partial charge in [0.1, 0.15) is 30.2 Å². The van der Waals surface area contributed by atoms with Crippen LogP contribution in [0.1, 0.15) is 26.2 Å². The van der Waals surface area contributed by atoms with E-state index in [1.807, 2.05) is 11.6 Å². The molecule has 0 unspecified atom stereocenters. The second-order valence-corrected chi connectivity index (χ2v) is 11.0. The standard InChI is InChI=1S/C24H41N7O10S2/c1-12(27-22(38)17-4-3-6-31(17)23(39)13(25)5-7-43-2)19(35)30-16(11-42)20(36)26-8-18(34)28-14(9-32)21(37)29-15(10-33)24(40)41/h12-17,32-33,42H,3-11,25H2,1-2H3,(H,26,36)(H,27,38)(H,28,34)(H,29,37)(H,30,35)(H,40,41)/t12-,13-,14-,15-,16-,17-/m0/s1. The molecule has 0 aromatic heterocycles. The quantitative estimate of drug-likeness (QED) is 0.0625. The Morgan fingerprint density at radius 2 is 1.58 bits per heavy atom. The average molecular weight is 652 g/mol. The van der Waals surface area contributed by atoms with Crippen LogP contribution in [0.5, 0.6) is 0 Å². The van der Waals surface area contributed by atoms with Crippen molar-refractivity contribution in [3.63, 3.8) is 0 Å². The zero-order chi connectivity index (χ0) is 32.7. The molecule has 1 aliphatic rings. The Labute approximate surface area is 258 Å². The van der Waals surface area contributed by atoms with Crippen molar-refractivity contribution in [2.75, 3.05) is 44.1 Å². The summed E-state index contributed by atoms with van der Waals surface area (Å²) in [5.74, 6) is -5.44. The van der Waals surface area contributed by atoms with Crippen LogP contribution in [0.2, 0.25) is 0 Å². The van der Waals surface area contributed by atoms with Gasteiger partial charge in [-0.15, -0.1) is 0 Å². The van der Waals surface area contributed by atoms with E-state index in [1.165, 1.54) is 11.8 Å². The van der Waals surface area contributed by atoms with Crippen molar-refractivity contribution in [3.8, 4) is 0 Å². The van der Waals surface area contributed by atoms with Gasteiger partial charge in [0.15, 0.2) is 0 Å². The van der Waals surface area contributed by atoms with E-state index in [0.717, 1.165) is 0 Å². The highest BCUT2D eigenvalue weighted by molar-refractivity contribution is 7.98. The summed E-state index contributed by atoms with van der Waals surface area (Å²) >= 11 is 5.59. The molecule has 1 rings (SSSR count). The fraction of sp³-hybridized carbons (Fsp3) is 0.708. The van der Waals surface area contributed by atoms with E-state index in [-0.39, 0.29) is 11.7 Å². The molecule has 43 heavy (non-hydrogen) atoms. The van der Waals surface area contributed by atoms with E-state index in [0.29, 0.717) is 31.6 Å². The van der Waals surface area contributed by atoms with Crippen molar-refractivity contribution in [2.45, 2.75) is 62.4 Å². The fourth-order valence-corrected chi connectivity index (χ4v) is 4.68. The summed E-state index contributed by atoms with van der Waals surface area (Å²) in [6, 6.07) is -7.06. The first-order valence-corrected chi connectivity index (χ1v) is 15.4. The van der Waals surface area contributed by atoms with Gasteiger partial charge in [-0.05, 0) is 38.2 Å². The highest BCUT2D eigenvalue weighted by Crippen LogP contribution is 2.19. The highest BCUT2D eigenvalue weighted by atomic mass is 32.2.